The molecule has 0 amide bonds. The van der Waals surface area contributed by atoms with Crippen LogP contribution < -0.4 is 10.6 Å². The van der Waals surface area contributed by atoms with Crippen LogP contribution in [0.4, 0.5) is 0 Å². The number of nitrogens with zero attached hydrogens (tertiary/aromatic N) is 1. The fourth-order valence-corrected chi connectivity index (χ4v) is 1.67. The van der Waals surface area contributed by atoms with Gasteiger partial charge in [-0.1, -0.05) is 18.2 Å². The van der Waals surface area contributed by atoms with Crippen molar-refractivity contribution in [3.63, 3.8) is 0 Å². The molecule has 1 aromatic rings. The standard InChI is InChI=1S/C11H11NO/c1-8-3-2-4-10-9(7-13)5-6-12-11(8)10/h2-4,7H,5-6H2,1H3. The van der Waals surface area contributed by atoms with E-state index in [1.165, 1.54) is 0 Å². The first-order valence-electron chi connectivity index (χ1n) is 4.41. The third kappa shape index (κ3) is 1.28. The second kappa shape index (κ2) is 3.13. The third-order valence-corrected chi connectivity index (χ3v) is 2.38. The number of fused-ring (bicyclic) bond motifs is 1. The summed E-state index contributed by atoms with van der Waals surface area (Å²) in [7, 11) is 0. The van der Waals surface area contributed by atoms with E-state index in [2.05, 4.69) is 4.99 Å². The molecule has 2 rings (SSSR count). The molecule has 2 heteroatoms. The highest BCUT2D eigenvalue weighted by Crippen LogP contribution is 1.99. The maximum absolute atomic E-state index is 10.8. The van der Waals surface area contributed by atoms with Gasteiger partial charge in [-0.25, -0.2) is 0 Å². The third-order valence-electron chi connectivity index (χ3n) is 2.38. The second-order valence-electron chi connectivity index (χ2n) is 3.25. The summed E-state index contributed by atoms with van der Waals surface area (Å²) < 4.78 is 0. The number of aldehydes is 1. The molecule has 0 aliphatic carbocycles. The summed E-state index contributed by atoms with van der Waals surface area (Å²) in [5, 5.41) is 2.01. The first-order chi connectivity index (χ1) is 6.33. The summed E-state index contributed by atoms with van der Waals surface area (Å²) in [5.74, 6) is 0. The van der Waals surface area contributed by atoms with E-state index in [0.29, 0.717) is 0 Å². The highest BCUT2D eigenvalue weighted by Gasteiger charge is 2.04. The molecule has 0 saturated heterocycles. The summed E-state index contributed by atoms with van der Waals surface area (Å²) in [4.78, 5) is 15.2. The number of benzene rings is 1. The molecule has 0 radical (unpaired) electrons. The summed E-state index contributed by atoms with van der Waals surface area (Å²) >= 11 is 0. The molecule has 66 valence electrons. The molecule has 0 atom stereocenters. The number of hydrogen-bond donors (Lipinski definition) is 0. The van der Waals surface area contributed by atoms with Crippen molar-refractivity contribution in [2.45, 2.75) is 13.3 Å². The topological polar surface area (TPSA) is 29.4 Å². The summed E-state index contributed by atoms with van der Waals surface area (Å²) in [6.07, 6.45) is 1.73. The highest BCUT2D eigenvalue weighted by atomic mass is 16.1. The molecule has 0 aromatic heterocycles. The van der Waals surface area contributed by atoms with Crippen LogP contribution in [0.3, 0.4) is 0 Å². The minimum atomic E-state index is 0.742. The number of hydrogen-bond acceptors (Lipinski definition) is 2. The fraction of sp³-hybridized carbons (Fsp3) is 0.273. The van der Waals surface area contributed by atoms with Crippen molar-refractivity contribution >= 4 is 11.9 Å². The van der Waals surface area contributed by atoms with Gasteiger partial charge in [-0.3, -0.25) is 9.79 Å². The lowest BCUT2D eigenvalue weighted by atomic mass is 10.1. The number of para-hydroxylation sites is 1. The molecule has 0 unspecified atom stereocenters. The van der Waals surface area contributed by atoms with E-state index in [0.717, 1.165) is 41.0 Å². The van der Waals surface area contributed by atoms with Crippen LogP contribution in [0, 0.1) is 6.92 Å². The van der Waals surface area contributed by atoms with Gasteiger partial charge in [-0.05, 0) is 18.9 Å². The van der Waals surface area contributed by atoms with Crippen molar-refractivity contribution < 1.29 is 4.79 Å². The Morgan fingerprint density at radius 3 is 3.08 bits per heavy atom. The van der Waals surface area contributed by atoms with Crippen LogP contribution in [-0.4, -0.2) is 12.8 Å². The van der Waals surface area contributed by atoms with Crippen molar-refractivity contribution in [3.8, 4) is 0 Å². The van der Waals surface area contributed by atoms with Crippen LogP contribution in [0.1, 0.15) is 12.0 Å². The monoisotopic (exact) mass is 173 g/mol. The van der Waals surface area contributed by atoms with E-state index in [1.807, 2.05) is 25.1 Å². The molecule has 1 heterocycles. The molecular weight excluding hydrogens is 162 g/mol. The highest BCUT2D eigenvalue weighted by molar-refractivity contribution is 5.98. The van der Waals surface area contributed by atoms with Gasteiger partial charge in [0, 0.05) is 17.3 Å². The molecular formula is C11H11NO. The lowest BCUT2D eigenvalue weighted by Gasteiger charge is -2.05. The number of aryl methyl sites for hydroxylation is 1. The minimum absolute atomic E-state index is 0.742. The van der Waals surface area contributed by atoms with Gasteiger partial charge in [0.15, 0.2) is 0 Å². The van der Waals surface area contributed by atoms with Crippen LogP contribution in [-0.2, 0) is 4.79 Å². The summed E-state index contributed by atoms with van der Waals surface area (Å²) in [6, 6.07) is 5.96. The lowest BCUT2D eigenvalue weighted by molar-refractivity contribution is -0.103. The van der Waals surface area contributed by atoms with E-state index in [1.54, 1.807) is 0 Å². The SMILES string of the molecule is Cc1cccc2c1=NCCC=2C=O. The predicted octanol–water partition coefficient (Wildman–Crippen LogP) is 0.368. The van der Waals surface area contributed by atoms with Crippen molar-refractivity contribution in [2.24, 2.45) is 4.99 Å². The number of carbonyl (C=O) groups is 1. The molecule has 13 heavy (non-hydrogen) atoms. The Balaban J connectivity index is 2.92. The Bertz CT molecular complexity index is 459. The van der Waals surface area contributed by atoms with Crippen molar-refractivity contribution in [1.82, 2.24) is 0 Å². The lowest BCUT2D eigenvalue weighted by Crippen LogP contribution is -2.33. The van der Waals surface area contributed by atoms with E-state index in [4.69, 9.17) is 0 Å². The van der Waals surface area contributed by atoms with Gasteiger partial charge < -0.3 is 0 Å². The molecule has 0 fully saturated rings. The molecule has 0 N–H and O–H groups in total. The second-order valence-corrected chi connectivity index (χ2v) is 3.25. The van der Waals surface area contributed by atoms with Crippen LogP contribution in [0.2, 0.25) is 0 Å². The van der Waals surface area contributed by atoms with Crippen LogP contribution in [0.25, 0.3) is 5.57 Å². The molecule has 0 bridgehead atoms. The van der Waals surface area contributed by atoms with Gasteiger partial charge in [-0.2, -0.15) is 0 Å². The van der Waals surface area contributed by atoms with Crippen LogP contribution >= 0.6 is 0 Å². The summed E-state index contributed by atoms with van der Waals surface area (Å²) in [6.45, 7) is 2.77. The maximum atomic E-state index is 10.8. The Hall–Kier alpha value is -1.44. The molecule has 1 aromatic carbocycles. The normalized spacial score (nSPS) is 14.7. The maximum Gasteiger partial charge on any atom is 0.146 e. The zero-order valence-electron chi connectivity index (χ0n) is 7.58. The van der Waals surface area contributed by atoms with Gasteiger partial charge in [-0.15, -0.1) is 0 Å². The molecule has 1 aliphatic rings. The van der Waals surface area contributed by atoms with Crippen molar-refractivity contribution in [3.05, 3.63) is 34.3 Å². The average molecular weight is 173 g/mol. The molecule has 0 spiro atoms. The summed E-state index contributed by atoms with van der Waals surface area (Å²) in [5.41, 5.74) is 2.03. The average Bonchev–Trinajstić information content (AvgIpc) is 2.18. The van der Waals surface area contributed by atoms with Crippen molar-refractivity contribution in [1.29, 1.82) is 0 Å². The fourth-order valence-electron chi connectivity index (χ4n) is 1.67. The van der Waals surface area contributed by atoms with E-state index >= 15 is 0 Å². The molecule has 0 saturated carbocycles. The van der Waals surface area contributed by atoms with Gasteiger partial charge in [0.2, 0.25) is 0 Å². The van der Waals surface area contributed by atoms with Gasteiger partial charge in [0.1, 0.15) is 6.29 Å². The van der Waals surface area contributed by atoms with Gasteiger partial charge >= 0.3 is 0 Å². The number of rotatable bonds is 1. The molecule has 2 nitrogen and oxygen atoms in total. The van der Waals surface area contributed by atoms with E-state index in [-0.39, 0.29) is 0 Å². The van der Waals surface area contributed by atoms with Gasteiger partial charge in [0.05, 0.1) is 5.36 Å². The van der Waals surface area contributed by atoms with Crippen LogP contribution in [0.5, 0.6) is 0 Å². The largest absolute Gasteiger partial charge is 0.298 e. The first kappa shape index (κ1) is 8.17. The van der Waals surface area contributed by atoms with Gasteiger partial charge in [0.25, 0.3) is 0 Å². The van der Waals surface area contributed by atoms with E-state index in [9.17, 15) is 4.79 Å². The predicted molar refractivity (Wildman–Crippen MR) is 50.9 cm³/mol. The Labute approximate surface area is 76.6 Å². The van der Waals surface area contributed by atoms with Crippen molar-refractivity contribution in [2.75, 3.05) is 6.54 Å². The Morgan fingerprint density at radius 2 is 2.31 bits per heavy atom. The zero-order chi connectivity index (χ0) is 9.26. The quantitative estimate of drug-likeness (QED) is 0.564. The zero-order valence-corrected chi connectivity index (χ0v) is 7.58. The molecule has 1 aliphatic heterocycles. The van der Waals surface area contributed by atoms with Crippen LogP contribution in [0.15, 0.2) is 23.2 Å². The smallest absolute Gasteiger partial charge is 0.146 e. The first-order valence-corrected chi connectivity index (χ1v) is 4.41. The number of carbonyl (C=O) groups excluding carboxylic acids is 1. The Morgan fingerprint density at radius 1 is 1.46 bits per heavy atom. The minimum Gasteiger partial charge on any atom is -0.298 e. The van der Waals surface area contributed by atoms with E-state index < -0.39 is 0 Å². The Kier molecular flexibility index (Phi) is 1.97.